The lowest BCUT2D eigenvalue weighted by atomic mass is 9.89. The lowest BCUT2D eigenvalue weighted by molar-refractivity contribution is -0.137. The first kappa shape index (κ1) is 23.6. The molecule has 1 aliphatic heterocycles. The monoisotopic (exact) mass is 483 g/mol. The van der Waals surface area contributed by atoms with E-state index in [1.54, 1.807) is 6.20 Å². The largest absolute Gasteiger partial charge is 0.489 e. The molecular weight excluding hydrogens is 455 g/mol. The molecule has 0 spiro atoms. The summed E-state index contributed by atoms with van der Waals surface area (Å²) in [5.41, 5.74) is 3.43. The second kappa shape index (κ2) is 9.85. The molecule has 5 nitrogen and oxygen atoms in total. The second-order valence-electron chi connectivity index (χ2n) is 9.51. The smallest absolute Gasteiger partial charge is 0.416 e. The summed E-state index contributed by atoms with van der Waals surface area (Å²) in [6, 6.07) is 10.6. The van der Waals surface area contributed by atoms with Crippen LogP contribution in [-0.2, 0) is 24.1 Å². The minimum Gasteiger partial charge on any atom is -0.489 e. The SMILES string of the molecule is O=CC1c2ccc(OCc3cn[nH]c3-c3ccc(C(F)(F)F)cc3)cc2CN1CC1CCCCC1. The summed E-state index contributed by atoms with van der Waals surface area (Å²) in [5, 5.41) is 6.91. The predicted octanol–water partition coefficient (Wildman–Crippen LogP) is 6.31. The van der Waals surface area contributed by atoms with Crippen molar-refractivity contribution in [2.45, 2.75) is 57.5 Å². The van der Waals surface area contributed by atoms with Gasteiger partial charge in [0, 0.05) is 18.7 Å². The van der Waals surface area contributed by atoms with Crippen LogP contribution >= 0.6 is 0 Å². The Balaban J connectivity index is 1.26. The predicted molar refractivity (Wildman–Crippen MR) is 126 cm³/mol. The molecule has 8 heteroatoms. The third kappa shape index (κ3) is 5.12. The Morgan fingerprint density at radius 1 is 1.09 bits per heavy atom. The highest BCUT2D eigenvalue weighted by Gasteiger charge is 2.32. The molecule has 184 valence electrons. The zero-order valence-electron chi connectivity index (χ0n) is 19.4. The number of aromatic amines is 1. The molecule has 0 saturated heterocycles. The minimum absolute atomic E-state index is 0.207. The van der Waals surface area contributed by atoms with Crippen molar-refractivity contribution in [3.05, 3.63) is 70.9 Å². The normalized spacial score (nSPS) is 19.0. The van der Waals surface area contributed by atoms with Crippen molar-refractivity contribution < 1.29 is 22.7 Å². The summed E-state index contributed by atoms with van der Waals surface area (Å²) < 4.78 is 44.6. The quantitative estimate of drug-likeness (QED) is 0.400. The molecule has 1 aliphatic carbocycles. The molecule has 5 rings (SSSR count). The van der Waals surface area contributed by atoms with Crippen LogP contribution in [0.4, 0.5) is 13.2 Å². The van der Waals surface area contributed by atoms with Crippen molar-refractivity contribution in [1.82, 2.24) is 15.1 Å². The van der Waals surface area contributed by atoms with E-state index in [1.807, 2.05) is 18.2 Å². The molecule has 2 aliphatic rings. The van der Waals surface area contributed by atoms with Gasteiger partial charge in [0.05, 0.1) is 23.5 Å². The molecule has 1 aromatic heterocycles. The minimum atomic E-state index is -4.37. The van der Waals surface area contributed by atoms with Gasteiger partial charge in [0.15, 0.2) is 0 Å². The van der Waals surface area contributed by atoms with Crippen LogP contribution in [-0.4, -0.2) is 27.9 Å². The lowest BCUT2D eigenvalue weighted by Crippen LogP contribution is -2.30. The Bertz CT molecular complexity index is 1170. The number of H-pyrrole nitrogens is 1. The van der Waals surface area contributed by atoms with Crippen molar-refractivity contribution in [2.24, 2.45) is 5.92 Å². The average Bonchev–Trinajstić information content (AvgIpc) is 3.46. The molecule has 0 radical (unpaired) electrons. The fourth-order valence-electron chi connectivity index (χ4n) is 5.31. The average molecular weight is 484 g/mol. The van der Waals surface area contributed by atoms with Gasteiger partial charge in [-0.3, -0.25) is 10.00 Å². The highest BCUT2D eigenvalue weighted by molar-refractivity contribution is 5.65. The van der Waals surface area contributed by atoms with Crippen molar-refractivity contribution in [2.75, 3.05) is 6.54 Å². The number of rotatable bonds is 7. The maximum atomic E-state index is 12.9. The molecule has 0 amide bonds. The standard InChI is InChI=1S/C27H28F3N3O2/c28-27(29,30)22-8-6-19(7-9-22)26-21(13-31-32-26)17-35-23-10-11-24-20(12-23)15-33(25(24)16-34)14-18-4-2-1-3-5-18/h6-13,16,18,25H,1-5,14-15,17H2,(H,31,32). The van der Waals surface area contributed by atoms with Crippen molar-refractivity contribution in [1.29, 1.82) is 0 Å². The third-order valence-corrected chi connectivity index (χ3v) is 7.16. The maximum Gasteiger partial charge on any atom is 0.416 e. The van der Waals surface area contributed by atoms with E-state index in [0.717, 1.165) is 48.2 Å². The molecule has 35 heavy (non-hydrogen) atoms. The number of aromatic nitrogens is 2. The molecule has 2 aromatic carbocycles. The van der Waals surface area contributed by atoms with Crippen LogP contribution in [0.2, 0.25) is 0 Å². The van der Waals surface area contributed by atoms with Crippen LogP contribution in [0.25, 0.3) is 11.3 Å². The number of ether oxygens (including phenoxy) is 1. The number of nitrogens with one attached hydrogen (secondary N) is 1. The van der Waals surface area contributed by atoms with Gasteiger partial charge in [0.2, 0.25) is 0 Å². The van der Waals surface area contributed by atoms with Gasteiger partial charge in [-0.2, -0.15) is 18.3 Å². The zero-order chi connectivity index (χ0) is 24.4. The molecule has 3 aromatic rings. The molecule has 1 unspecified atom stereocenters. The number of aldehydes is 1. The number of carbonyl (C=O) groups excluding carboxylic acids is 1. The molecular formula is C27H28F3N3O2. The summed E-state index contributed by atoms with van der Waals surface area (Å²) in [6.45, 7) is 1.89. The highest BCUT2D eigenvalue weighted by Crippen LogP contribution is 2.37. The van der Waals surface area contributed by atoms with Crippen LogP contribution in [0.15, 0.2) is 48.7 Å². The number of nitrogens with zero attached hydrogens (tertiary/aromatic N) is 2. The summed E-state index contributed by atoms with van der Waals surface area (Å²) in [7, 11) is 0. The van der Waals surface area contributed by atoms with E-state index >= 15 is 0 Å². The first-order valence-electron chi connectivity index (χ1n) is 12.1. The van der Waals surface area contributed by atoms with E-state index in [0.29, 0.717) is 22.9 Å². The number of hydrogen-bond acceptors (Lipinski definition) is 4. The fourth-order valence-corrected chi connectivity index (χ4v) is 5.31. The fraction of sp³-hybridized carbons (Fsp3) is 0.407. The lowest BCUT2D eigenvalue weighted by Gasteiger charge is -2.28. The topological polar surface area (TPSA) is 58.2 Å². The summed E-state index contributed by atoms with van der Waals surface area (Å²) in [4.78, 5) is 14.2. The third-order valence-electron chi connectivity index (χ3n) is 7.16. The van der Waals surface area contributed by atoms with Crippen LogP contribution in [0.3, 0.4) is 0 Å². The van der Waals surface area contributed by atoms with Gasteiger partial charge in [0.25, 0.3) is 0 Å². The molecule has 2 heterocycles. The molecule has 0 bridgehead atoms. The van der Waals surface area contributed by atoms with Gasteiger partial charge in [-0.1, -0.05) is 37.5 Å². The van der Waals surface area contributed by atoms with E-state index < -0.39 is 11.7 Å². The second-order valence-corrected chi connectivity index (χ2v) is 9.51. The van der Waals surface area contributed by atoms with Gasteiger partial charge < -0.3 is 9.53 Å². The van der Waals surface area contributed by atoms with Gasteiger partial charge in [-0.25, -0.2) is 0 Å². The van der Waals surface area contributed by atoms with E-state index in [-0.39, 0.29) is 12.6 Å². The van der Waals surface area contributed by atoms with Crippen LogP contribution in [0.5, 0.6) is 5.75 Å². The van der Waals surface area contributed by atoms with Gasteiger partial charge in [-0.15, -0.1) is 0 Å². The number of hydrogen-bond donors (Lipinski definition) is 1. The van der Waals surface area contributed by atoms with Crippen LogP contribution in [0.1, 0.15) is 60.4 Å². The van der Waals surface area contributed by atoms with Crippen LogP contribution < -0.4 is 4.74 Å². The Kier molecular flexibility index (Phi) is 6.65. The Morgan fingerprint density at radius 2 is 1.86 bits per heavy atom. The van der Waals surface area contributed by atoms with E-state index in [4.69, 9.17) is 4.74 Å². The van der Waals surface area contributed by atoms with Gasteiger partial charge in [0.1, 0.15) is 18.6 Å². The summed E-state index contributed by atoms with van der Waals surface area (Å²) in [5.74, 6) is 1.34. The molecule has 1 fully saturated rings. The van der Waals surface area contributed by atoms with E-state index in [2.05, 4.69) is 15.1 Å². The van der Waals surface area contributed by atoms with E-state index in [9.17, 15) is 18.0 Å². The number of fused-ring (bicyclic) bond motifs is 1. The molecule has 1 N–H and O–H groups in total. The Hall–Kier alpha value is -3.13. The number of carbonyl (C=O) groups is 1. The van der Waals surface area contributed by atoms with Crippen molar-refractivity contribution >= 4 is 6.29 Å². The van der Waals surface area contributed by atoms with Gasteiger partial charge in [-0.05, 0) is 59.7 Å². The molecule has 1 atom stereocenters. The first-order chi connectivity index (χ1) is 16.9. The Morgan fingerprint density at radius 3 is 2.57 bits per heavy atom. The van der Waals surface area contributed by atoms with Crippen molar-refractivity contribution in [3.63, 3.8) is 0 Å². The van der Waals surface area contributed by atoms with Gasteiger partial charge >= 0.3 is 6.18 Å². The molecule has 1 saturated carbocycles. The van der Waals surface area contributed by atoms with Crippen LogP contribution in [0, 0.1) is 5.92 Å². The maximum absolute atomic E-state index is 12.9. The summed E-state index contributed by atoms with van der Waals surface area (Å²) in [6.07, 6.45) is 4.62. The number of alkyl halides is 3. The number of halogens is 3. The Labute approximate surface area is 202 Å². The number of benzene rings is 2. The van der Waals surface area contributed by atoms with E-state index in [1.165, 1.54) is 44.2 Å². The van der Waals surface area contributed by atoms with Crippen molar-refractivity contribution in [3.8, 4) is 17.0 Å². The summed E-state index contributed by atoms with van der Waals surface area (Å²) >= 11 is 0. The highest BCUT2D eigenvalue weighted by atomic mass is 19.4. The zero-order valence-corrected chi connectivity index (χ0v) is 19.4. The first-order valence-corrected chi connectivity index (χ1v) is 12.1.